The summed E-state index contributed by atoms with van der Waals surface area (Å²) in [7, 11) is 1.50. The van der Waals surface area contributed by atoms with Gasteiger partial charge in [-0.3, -0.25) is 9.59 Å². The number of aromatic nitrogens is 2. The Labute approximate surface area is 201 Å². The van der Waals surface area contributed by atoms with Gasteiger partial charge in [-0.1, -0.05) is 29.8 Å². The van der Waals surface area contributed by atoms with Gasteiger partial charge in [0.25, 0.3) is 0 Å². The van der Waals surface area contributed by atoms with Crippen LogP contribution in [0.4, 0.5) is 11.5 Å². The molecule has 1 aliphatic heterocycles. The Morgan fingerprint density at radius 2 is 1.97 bits per heavy atom. The minimum absolute atomic E-state index is 0.00425. The van der Waals surface area contributed by atoms with Crippen molar-refractivity contribution < 1.29 is 23.9 Å². The third-order valence-electron chi connectivity index (χ3n) is 5.43. The highest BCUT2D eigenvalue weighted by molar-refractivity contribution is 6.31. The molecular weight excluding hydrogens is 460 g/mol. The summed E-state index contributed by atoms with van der Waals surface area (Å²) in [4.78, 5) is 40.0. The molecule has 176 valence electrons. The lowest BCUT2D eigenvalue weighted by Crippen LogP contribution is -2.29. The summed E-state index contributed by atoms with van der Waals surface area (Å²) in [5.41, 5.74) is 1.27. The van der Waals surface area contributed by atoms with Crippen molar-refractivity contribution in [2.24, 2.45) is 5.92 Å². The standard InChI is InChI=1S/C24H23ClN4O5/c1-3-34-24(32)18-13-26-29(17-7-5-4-6-8-17)22(18)27-23(31)15-11-21(30)28(14-15)19-12-16(25)9-10-20(19)33-2/h4-10,12-13,15H,3,11,14H2,1-2H3,(H,27,31). The van der Waals surface area contributed by atoms with Gasteiger partial charge in [0.05, 0.1) is 37.2 Å². The molecule has 1 saturated heterocycles. The van der Waals surface area contributed by atoms with Crippen LogP contribution in [0.5, 0.6) is 5.75 Å². The Hall–Kier alpha value is -3.85. The molecular formula is C24H23ClN4O5. The second-order valence-corrected chi connectivity index (χ2v) is 8.02. The molecule has 1 fully saturated rings. The molecule has 0 radical (unpaired) electrons. The second-order valence-electron chi connectivity index (χ2n) is 7.59. The van der Waals surface area contributed by atoms with E-state index in [1.54, 1.807) is 37.3 Å². The fourth-order valence-electron chi connectivity index (χ4n) is 3.80. The first kappa shape index (κ1) is 23.3. The van der Waals surface area contributed by atoms with Gasteiger partial charge in [0.15, 0.2) is 5.82 Å². The molecule has 0 aliphatic carbocycles. The smallest absolute Gasteiger partial charge is 0.343 e. The van der Waals surface area contributed by atoms with E-state index in [0.717, 1.165) is 0 Å². The molecule has 2 amide bonds. The van der Waals surface area contributed by atoms with Crippen molar-refractivity contribution in [3.05, 3.63) is 65.3 Å². The first-order valence-corrected chi connectivity index (χ1v) is 11.1. The number of methoxy groups -OCH3 is 1. The number of nitrogens with zero attached hydrogens (tertiary/aromatic N) is 3. The van der Waals surface area contributed by atoms with Crippen LogP contribution in [0.2, 0.25) is 5.02 Å². The summed E-state index contributed by atoms with van der Waals surface area (Å²) >= 11 is 6.12. The average Bonchev–Trinajstić information content (AvgIpc) is 3.43. The van der Waals surface area contributed by atoms with E-state index in [9.17, 15) is 14.4 Å². The maximum Gasteiger partial charge on any atom is 0.343 e. The SMILES string of the molecule is CCOC(=O)c1cnn(-c2ccccc2)c1NC(=O)C1CC(=O)N(c2cc(Cl)ccc2OC)C1. The van der Waals surface area contributed by atoms with Crippen molar-refractivity contribution in [3.63, 3.8) is 0 Å². The van der Waals surface area contributed by atoms with Crippen LogP contribution in [-0.2, 0) is 14.3 Å². The van der Waals surface area contributed by atoms with Crippen LogP contribution in [0, 0.1) is 5.92 Å². The maximum atomic E-state index is 13.2. The Morgan fingerprint density at radius 3 is 2.68 bits per heavy atom. The summed E-state index contributed by atoms with van der Waals surface area (Å²) < 4.78 is 11.9. The third kappa shape index (κ3) is 4.60. The van der Waals surface area contributed by atoms with Crippen molar-refractivity contribution in [1.82, 2.24) is 9.78 Å². The first-order chi connectivity index (χ1) is 16.4. The lowest BCUT2D eigenvalue weighted by molar-refractivity contribution is -0.122. The number of ether oxygens (including phenoxy) is 2. The van der Waals surface area contributed by atoms with Crippen LogP contribution < -0.4 is 15.0 Å². The number of para-hydroxylation sites is 1. The first-order valence-electron chi connectivity index (χ1n) is 10.7. The number of carbonyl (C=O) groups excluding carboxylic acids is 3. The van der Waals surface area contributed by atoms with Crippen LogP contribution in [0.1, 0.15) is 23.7 Å². The molecule has 3 aromatic rings. The molecule has 1 atom stereocenters. The van der Waals surface area contributed by atoms with Crippen LogP contribution in [0.15, 0.2) is 54.7 Å². The van der Waals surface area contributed by atoms with Crippen molar-refractivity contribution in [2.45, 2.75) is 13.3 Å². The van der Waals surface area contributed by atoms with Gasteiger partial charge >= 0.3 is 5.97 Å². The molecule has 0 spiro atoms. The molecule has 0 bridgehead atoms. The van der Waals surface area contributed by atoms with Crippen molar-refractivity contribution >= 4 is 40.9 Å². The summed E-state index contributed by atoms with van der Waals surface area (Å²) in [6, 6.07) is 14.0. The van der Waals surface area contributed by atoms with Gasteiger partial charge in [-0.15, -0.1) is 0 Å². The fraction of sp³-hybridized carbons (Fsp3) is 0.250. The number of halogens is 1. The number of carbonyl (C=O) groups is 3. The highest BCUT2D eigenvalue weighted by atomic mass is 35.5. The van der Waals surface area contributed by atoms with E-state index < -0.39 is 17.8 Å². The van der Waals surface area contributed by atoms with Gasteiger partial charge in [-0.2, -0.15) is 5.10 Å². The van der Waals surface area contributed by atoms with Crippen molar-refractivity contribution in [2.75, 3.05) is 30.5 Å². The molecule has 0 saturated carbocycles. The van der Waals surface area contributed by atoms with Crippen LogP contribution in [0.25, 0.3) is 5.69 Å². The van der Waals surface area contributed by atoms with E-state index in [-0.39, 0.29) is 36.9 Å². The van der Waals surface area contributed by atoms with Crippen LogP contribution in [-0.4, -0.2) is 47.8 Å². The van der Waals surface area contributed by atoms with Gasteiger partial charge in [0, 0.05) is 18.0 Å². The van der Waals surface area contributed by atoms with E-state index in [2.05, 4.69) is 10.4 Å². The third-order valence-corrected chi connectivity index (χ3v) is 5.67. The van der Waals surface area contributed by atoms with E-state index in [1.165, 1.54) is 22.9 Å². The topological polar surface area (TPSA) is 103 Å². The Kier molecular flexibility index (Phi) is 6.83. The average molecular weight is 483 g/mol. The quantitative estimate of drug-likeness (QED) is 0.515. The summed E-state index contributed by atoms with van der Waals surface area (Å²) in [5, 5.41) is 7.51. The number of nitrogens with one attached hydrogen (secondary N) is 1. The molecule has 1 aliphatic rings. The lowest BCUT2D eigenvalue weighted by Gasteiger charge is -2.20. The van der Waals surface area contributed by atoms with Gasteiger partial charge in [-0.25, -0.2) is 9.48 Å². The van der Waals surface area contributed by atoms with E-state index in [1.807, 2.05) is 18.2 Å². The number of benzene rings is 2. The zero-order valence-corrected chi connectivity index (χ0v) is 19.4. The van der Waals surface area contributed by atoms with Gasteiger partial charge in [0.2, 0.25) is 11.8 Å². The number of amides is 2. The predicted octanol–water partition coefficient (Wildman–Crippen LogP) is 3.70. The molecule has 2 heterocycles. The maximum absolute atomic E-state index is 13.2. The van der Waals surface area contributed by atoms with Gasteiger partial charge in [-0.05, 0) is 37.3 Å². The lowest BCUT2D eigenvalue weighted by atomic mass is 10.1. The predicted molar refractivity (Wildman–Crippen MR) is 127 cm³/mol. The van der Waals surface area contributed by atoms with Crippen LogP contribution >= 0.6 is 11.6 Å². The number of esters is 1. The van der Waals surface area contributed by atoms with E-state index in [4.69, 9.17) is 21.1 Å². The Bertz CT molecular complexity index is 1230. The minimum Gasteiger partial charge on any atom is -0.495 e. The molecule has 1 aromatic heterocycles. The number of hydrogen-bond donors (Lipinski definition) is 1. The zero-order valence-electron chi connectivity index (χ0n) is 18.7. The number of hydrogen-bond acceptors (Lipinski definition) is 6. The second kappa shape index (κ2) is 9.96. The minimum atomic E-state index is -0.662. The van der Waals surface area contributed by atoms with E-state index >= 15 is 0 Å². The summed E-state index contributed by atoms with van der Waals surface area (Å²) in [6.07, 6.45) is 1.35. The normalized spacial score (nSPS) is 15.3. The molecule has 34 heavy (non-hydrogen) atoms. The van der Waals surface area contributed by atoms with Crippen molar-refractivity contribution in [3.8, 4) is 11.4 Å². The highest BCUT2D eigenvalue weighted by Gasteiger charge is 2.37. The van der Waals surface area contributed by atoms with Crippen LogP contribution in [0.3, 0.4) is 0 Å². The van der Waals surface area contributed by atoms with Crippen molar-refractivity contribution in [1.29, 1.82) is 0 Å². The molecule has 10 heteroatoms. The molecule has 9 nitrogen and oxygen atoms in total. The Balaban J connectivity index is 1.61. The Morgan fingerprint density at radius 1 is 1.21 bits per heavy atom. The largest absolute Gasteiger partial charge is 0.495 e. The molecule has 1 N–H and O–H groups in total. The summed E-state index contributed by atoms with van der Waals surface area (Å²) in [6.45, 7) is 2.01. The fourth-order valence-corrected chi connectivity index (χ4v) is 3.97. The molecule has 2 aromatic carbocycles. The molecule has 1 unspecified atom stereocenters. The monoisotopic (exact) mass is 482 g/mol. The van der Waals surface area contributed by atoms with Gasteiger partial charge in [0.1, 0.15) is 11.3 Å². The number of rotatable bonds is 7. The number of anilines is 2. The van der Waals surface area contributed by atoms with E-state index in [0.29, 0.717) is 22.1 Å². The highest BCUT2D eigenvalue weighted by Crippen LogP contribution is 2.35. The zero-order chi connectivity index (χ0) is 24.2. The summed E-state index contributed by atoms with van der Waals surface area (Å²) in [5.74, 6) is -1.26. The molecule has 4 rings (SSSR count). The van der Waals surface area contributed by atoms with Gasteiger partial charge < -0.3 is 19.7 Å².